The summed E-state index contributed by atoms with van der Waals surface area (Å²) in [5.74, 6) is -0.157. The molecule has 0 saturated heterocycles. The van der Waals surface area contributed by atoms with Crippen LogP contribution in [-0.4, -0.2) is 40.5 Å². The molecule has 0 radical (unpaired) electrons. The lowest BCUT2D eigenvalue weighted by atomic mass is 10.1. The summed E-state index contributed by atoms with van der Waals surface area (Å²) in [6, 6.07) is 15.2. The summed E-state index contributed by atoms with van der Waals surface area (Å²) >= 11 is 0. The lowest BCUT2D eigenvalue weighted by Crippen LogP contribution is -2.33. The van der Waals surface area contributed by atoms with Crippen molar-refractivity contribution in [2.75, 3.05) is 31.1 Å². The summed E-state index contributed by atoms with van der Waals surface area (Å²) in [5.41, 5.74) is 3.13. The molecule has 158 valence electrons. The van der Waals surface area contributed by atoms with Gasteiger partial charge < -0.3 is 10.2 Å². The normalized spacial score (nSPS) is 11.3. The molecule has 6 nitrogen and oxygen atoms in total. The zero-order valence-electron chi connectivity index (χ0n) is 17.4. The molecule has 0 heterocycles. The van der Waals surface area contributed by atoms with E-state index in [0.717, 1.165) is 30.6 Å². The average Bonchev–Trinajstić information content (AvgIpc) is 2.70. The predicted molar refractivity (Wildman–Crippen MR) is 118 cm³/mol. The Balaban J connectivity index is 1.69. The van der Waals surface area contributed by atoms with Gasteiger partial charge in [0.1, 0.15) is 0 Å². The van der Waals surface area contributed by atoms with Crippen molar-refractivity contribution in [1.82, 2.24) is 10.0 Å². The molecule has 7 heteroatoms. The van der Waals surface area contributed by atoms with Crippen molar-refractivity contribution >= 4 is 21.6 Å². The van der Waals surface area contributed by atoms with Crippen LogP contribution in [0.25, 0.3) is 0 Å². The number of anilines is 1. The summed E-state index contributed by atoms with van der Waals surface area (Å²) < 4.78 is 27.2. The summed E-state index contributed by atoms with van der Waals surface area (Å²) in [5, 5.41) is 2.86. The van der Waals surface area contributed by atoms with E-state index in [1.165, 1.54) is 5.69 Å². The Kier molecular flexibility index (Phi) is 8.67. The molecule has 0 atom stereocenters. The molecule has 29 heavy (non-hydrogen) atoms. The SMILES string of the molecule is CCN(CCCNC(=O)CCNS(=O)(=O)c1ccc(C)c(C)c1)c1ccccc1. The van der Waals surface area contributed by atoms with Crippen LogP contribution >= 0.6 is 0 Å². The van der Waals surface area contributed by atoms with Crippen LogP contribution in [0.1, 0.15) is 30.9 Å². The molecule has 2 aromatic rings. The molecule has 0 bridgehead atoms. The van der Waals surface area contributed by atoms with E-state index in [0.29, 0.717) is 6.54 Å². The molecule has 2 N–H and O–H groups in total. The number of nitrogens with one attached hydrogen (secondary N) is 2. The summed E-state index contributed by atoms with van der Waals surface area (Å²) in [4.78, 5) is 14.5. The smallest absolute Gasteiger partial charge is 0.240 e. The van der Waals surface area contributed by atoms with Crippen molar-refractivity contribution in [3.63, 3.8) is 0 Å². The summed E-state index contributed by atoms with van der Waals surface area (Å²) in [6.45, 7) is 8.30. The van der Waals surface area contributed by atoms with Crippen LogP contribution in [0, 0.1) is 13.8 Å². The predicted octanol–water partition coefficient (Wildman–Crippen LogP) is 3.00. The standard InChI is InChI=1S/C22H31N3O3S/c1-4-25(20-9-6-5-7-10-20)16-8-14-23-22(26)13-15-24-29(27,28)21-12-11-18(2)19(3)17-21/h5-7,9-12,17,24H,4,8,13-16H2,1-3H3,(H,23,26). The number of carbonyl (C=O) groups excluding carboxylic acids is 1. The van der Waals surface area contributed by atoms with E-state index in [9.17, 15) is 13.2 Å². The monoisotopic (exact) mass is 417 g/mol. The van der Waals surface area contributed by atoms with Gasteiger partial charge in [-0.1, -0.05) is 24.3 Å². The van der Waals surface area contributed by atoms with Gasteiger partial charge in [-0.3, -0.25) is 4.79 Å². The van der Waals surface area contributed by atoms with Crippen molar-refractivity contribution < 1.29 is 13.2 Å². The first-order chi connectivity index (χ1) is 13.8. The minimum Gasteiger partial charge on any atom is -0.372 e. The largest absolute Gasteiger partial charge is 0.372 e. The number of carbonyl (C=O) groups is 1. The second-order valence-corrected chi connectivity index (χ2v) is 8.78. The van der Waals surface area contributed by atoms with Crippen LogP contribution in [0.4, 0.5) is 5.69 Å². The van der Waals surface area contributed by atoms with Gasteiger partial charge in [0.25, 0.3) is 0 Å². The number of sulfonamides is 1. The van der Waals surface area contributed by atoms with E-state index in [2.05, 4.69) is 34.0 Å². The third-order valence-electron chi connectivity index (χ3n) is 4.86. The fourth-order valence-electron chi connectivity index (χ4n) is 2.96. The number of aryl methyl sites for hydroxylation is 2. The first kappa shape index (κ1) is 22.9. The Morgan fingerprint density at radius 2 is 1.72 bits per heavy atom. The van der Waals surface area contributed by atoms with Crippen molar-refractivity contribution in [2.24, 2.45) is 0 Å². The lowest BCUT2D eigenvalue weighted by molar-refractivity contribution is -0.120. The van der Waals surface area contributed by atoms with Gasteiger partial charge in [0.2, 0.25) is 15.9 Å². The number of hydrogen-bond donors (Lipinski definition) is 2. The van der Waals surface area contributed by atoms with E-state index in [4.69, 9.17) is 0 Å². The molecule has 0 aromatic heterocycles. The first-order valence-corrected chi connectivity index (χ1v) is 11.5. The van der Waals surface area contributed by atoms with Crippen molar-refractivity contribution in [3.8, 4) is 0 Å². The van der Waals surface area contributed by atoms with Gasteiger partial charge >= 0.3 is 0 Å². The number of para-hydroxylation sites is 1. The Bertz CT molecular complexity index is 899. The average molecular weight is 418 g/mol. The van der Waals surface area contributed by atoms with E-state index >= 15 is 0 Å². The number of amides is 1. The maximum atomic E-state index is 12.3. The highest BCUT2D eigenvalue weighted by atomic mass is 32.2. The van der Waals surface area contributed by atoms with Crippen molar-refractivity contribution in [2.45, 2.75) is 38.5 Å². The van der Waals surface area contributed by atoms with Crippen LogP contribution in [0.2, 0.25) is 0 Å². The Morgan fingerprint density at radius 3 is 2.38 bits per heavy atom. The van der Waals surface area contributed by atoms with Crippen LogP contribution in [-0.2, 0) is 14.8 Å². The van der Waals surface area contributed by atoms with Gasteiger partial charge in [0.15, 0.2) is 0 Å². The molecule has 0 spiro atoms. The van der Waals surface area contributed by atoms with Crippen molar-refractivity contribution in [1.29, 1.82) is 0 Å². The minimum absolute atomic E-state index is 0.0756. The molecule has 0 unspecified atom stereocenters. The highest BCUT2D eigenvalue weighted by Crippen LogP contribution is 2.14. The Morgan fingerprint density at radius 1 is 1.00 bits per heavy atom. The number of rotatable bonds is 11. The van der Waals surface area contributed by atoms with Crippen molar-refractivity contribution in [3.05, 3.63) is 59.7 Å². The third-order valence-corrected chi connectivity index (χ3v) is 6.32. The maximum absolute atomic E-state index is 12.3. The third kappa shape index (κ3) is 7.18. The Labute approximate surface area is 174 Å². The highest BCUT2D eigenvalue weighted by molar-refractivity contribution is 7.89. The maximum Gasteiger partial charge on any atom is 0.240 e. The second-order valence-electron chi connectivity index (χ2n) is 7.01. The lowest BCUT2D eigenvalue weighted by Gasteiger charge is -2.23. The van der Waals surface area contributed by atoms with Gasteiger partial charge in [-0.05, 0) is 62.6 Å². The Hall–Kier alpha value is -2.38. The summed E-state index contributed by atoms with van der Waals surface area (Å²) in [7, 11) is -3.60. The van der Waals surface area contributed by atoms with E-state index in [-0.39, 0.29) is 23.8 Å². The molecule has 0 saturated carbocycles. The molecule has 1 amide bonds. The van der Waals surface area contributed by atoms with E-state index < -0.39 is 10.0 Å². The fourth-order valence-corrected chi connectivity index (χ4v) is 4.07. The number of benzene rings is 2. The molecular formula is C22H31N3O3S. The van der Waals surface area contributed by atoms with Crippen LogP contribution < -0.4 is 14.9 Å². The molecular weight excluding hydrogens is 386 g/mol. The molecule has 0 aliphatic rings. The van der Waals surface area contributed by atoms with E-state index in [1.807, 2.05) is 32.0 Å². The second kappa shape index (κ2) is 11.0. The minimum atomic E-state index is -3.60. The molecule has 2 rings (SSSR count). The van der Waals surface area contributed by atoms with Gasteiger partial charge in [0, 0.05) is 38.3 Å². The highest BCUT2D eigenvalue weighted by Gasteiger charge is 2.14. The van der Waals surface area contributed by atoms with Crippen LogP contribution in [0.3, 0.4) is 0 Å². The zero-order valence-corrected chi connectivity index (χ0v) is 18.3. The van der Waals surface area contributed by atoms with Gasteiger partial charge in [-0.25, -0.2) is 13.1 Å². The van der Waals surface area contributed by atoms with Crippen LogP contribution in [0.5, 0.6) is 0 Å². The zero-order chi connectivity index (χ0) is 21.3. The quantitative estimate of drug-likeness (QED) is 0.551. The number of hydrogen-bond acceptors (Lipinski definition) is 4. The first-order valence-electron chi connectivity index (χ1n) is 9.97. The van der Waals surface area contributed by atoms with Gasteiger partial charge in [-0.15, -0.1) is 0 Å². The molecule has 2 aromatic carbocycles. The van der Waals surface area contributed by atoms with Crippen LogP contribution in [0.15, 0.2) is 53.4 Å². The topological polar surface area (TPSA) is 78.5 Å². The summed E-state index contributed by atoms with van der Waals surface area (Å²) in [6.07, 6.45) is 0.934. The molecule has 0 aliphatic carbocycles. The molecule has 0 aliphatic heterocycles. The fraction of sp³-hybridized carbons (Fsp3) is 0.409. The van der Waals surface area contributed by atoms with Gasteiger partial charge in [-0.2, -0.15) is 0 Å². The van der Waals surface area contributed by atoms with E-state index in [1.54, 1.807) is 18.2 Å². The molecule has 0 fully saturated rings. The number of nitrogens with zero attached hydrogens (tertiary/aromatic N) is 1. The van der Waals surface area contributed by atoms with Gasteiger partial charge in [0.05, 0.1) is 4.90 Å².